The van der Waals surface area contributed by atoms with Crippen LogP contribution in [0.15, 0.2) is 0 Å². The van der Waals surface area contributed by atoms with Crippen LogP contribution in [0.3, 0.4) is 0 Å². The van der Waals surface area contributed by atoms with Crippen molar-refractivity contribution in [3.05, 3.63) is 0 Å². The number of carboxylic acid groups (broad SMARTS) is 1. The molecule has 0 atom stereocenters. The van der Waals surface area contributed by atoms with Crippen molar-refractivity contribution >= 4 is 79.2 Å². The van der Waals surface area contributed by atoms with Crippen LogP contribution in [-0.4, -0.2) is 71.9 Å². The summed E-state index contributed by atoms with van der Waals surface area (Å²) in [4.78, 5) is 9.00. The third kappa shape index (κ3) is 81.7. The van der Waals surface area contributed by atoms with E-state index in [2.05, 4.69) is 0 Å². The van der Waals surface area contributed by atoms with Gasteiger partial charge in [0.05, 0.1) is 0 Å². The fraction of sp³-hybridized carbons (Fsp3) is 0.500. The molecular formula is C2H9CaClMgO2. The van der Waals surface area contributed by atoms with Crippen LogP contribution in [0.1, 0.15) is 12.6 Å². The first-order valence-corrected chi connectivity index (χ1v) is 0.928. The second-order valence-electron chi connectivity index (χ2n) is 0.519. The maximum absolute atomic E-state index is 9.00. The van der Waals surface area contributed by atoms with Gasteiger partial charge in [-0.05, 0) is 0 Å². The molecule has 0 aromatic carbocycles. The topological polar surface area (TPSA) is 37.3 Å². The summed E-state index contributed by atoms with van der Waals surface area (Å²) in [6.07, 6.45) is 0. The van der Waals surface area contributed by atoms with E-state index in [1.807, 2.05) is 0 Å². The Kier molecular flexibility index (Phi) is 52.0. The predicted molar refractivity (Wildman–Crippen MR) is 36.5 cm³/mol. The summed E-state index contributed by atoms with van der Waals surface area (Å²) in [6, 6.07) is 0. The smallest absolute Gasteiger partial charge is 1.00 e. The molecule has 40 valence electrons. The van der Waals surface area contributed by atoms with Gasteiger partial charge in [-0.1, -0.05) is 0 Å². The minimum absolute atomic E-state index is 0. The third-order valence-electron chi connectivity index (χ3n) is 0. The Balaban J connectivity index is -0.00000000214. The van der Waals surface area contributed by atoms with E-state index in [4.69, 9.17) is 9.90 Å². The normalized spacial score (nSPS) is 3.57. The number of hydrogen-bond donors (Lipinski definition) is 1. The van der Waals surface area contributed by atoms with E-state index in [0.29, 0.717) is 0 Å². The van der Waals surface area contributed by atoms with Crippen LogP contribution in [-0.2, 0) is 4.79 Å². The van der Waals surface area contributed by atoms with Crippen LogP contribution in [0.4, 0.5) is 0 Å². The molecule has 0 aliphatic carbocycles. The van der Waals surface area contributed by atoms with Gasteiger partial charge in [0.1, 0.15) is 0 Å². The molecule has 0 saturated carbocycles. The molecule has 7 heavy (non-hydrogen) atoms. The van der Waals surface area contributed by atoms with Crippen molar-refractivity contribution in [2.75, 3.05) is 0 Å². The predicted octanol–water partition coefficient (Wildman–Crippen LogP) is 0.201. The molecule has 0 aromatic rings. The Labute approximate surface area is 101 Å². The second kappa shape index (κ2) is 15.7. The van der Waals surface area contributed by atoms with Gasteiger partial charge in [-0.3, -0.25) is 4.79 Å². The molecule has 0 radical (unpaired) electrons. The van der Waals surface area contributed by atoms with E-state index in [1.54, 1.807) is 0 Å². The van der Waals surface area contributed by atoms with Gasteiger partial charge in [0.25, 0.3) is 5.97 Å². The van der Waals surface area contributed by atoms with Crippen LogP contribution in [0.2, 0.25) is 0 Å². The molecule has 0 bridgehead atoms. The summed E-state index contributed by atoms with van der Waals surface area (Å²) in [6.45, 7) is 1.08. The largest absolute Gasteiger partial charge is 2.00 e. The fourth-order valence-corrected chi connectivity index (χ4v) is 0. The van der Waals surface area contributed by atoms with E-state index in [1.165, 1.54) is 0 Å². The summed E-state index contributed by atoms with van der Waals surface area (Å²) in [7, 11) is 0. The molecule has 0 fully saturated rings. The van der Waals surface area contributed by atoms with Crippen molar-refractivity contribution in [2.45, 2.75) is 6.92 Å². The van der Waals surface area contributed by atoms with E-state index < -0.39 is 5.97 Å². The number of aliphatic carboxylic acids is 1. The Hall–Kier alpha value is 1.79. The summed E-state index contributed by atoms with van der Waals surface area (Å²) < 4.78 is 0. The Morgan fingerprint density at radius 2 is 1.71 bits per heavy atom. The SMILES string of the molecule is CC(=O)O.Cl.[Ca+2].[H-].[H-].[H-].[H-].[Mg+2]. The number of hydrogen-bond acceptors (Lipinski definition) is 1. The first-order valence-electron chi connectivity index (χ1n) is 0.928. The van der Waals surface area contributed by atoms with E-state index >= 15 is 0 Å². The zero-order valence-corrected chi connectivity index (χ0v) is 8.62. The first-order chi connectivity index (χ1) is 1.73. The summed E-state index contributed by atoms with van der Waals surface area (Å²) in [5.74, 6) is -0.833. The van der Waals surface area contributed by atoms with Crippen LogP contribution < -0.4 is 0 Å². The molecule has 0 spiro atoms. The Bertz CT molecular complexity index is 49.1. The van der Waals surface area contributed by atoms with Crippen molar-refractivity contribution < 1.29 is 15.6 Å². The zero-order valence-electron chi connectivity index (χ0n) is 8.18. The van der Waals surface area contributed by atoms with Crippen molar-refractivity contribution in [1.29, 1.82) is 0 Å². The molecule has 0 rings (SSSR count). The molecule has 0 saturated heterocycles. The van der Waals surface area contributed by atoms with Gasteiger partial charge in [-0.25, -0.2) is 0 Å². The first kappa shape index (κ1) is 23.3. The van der Waals surface area contributed by atoms with Gasteiger partial charge in [-0.2, -0.15) is 0 Å². The molecule has 1 N–H and O–H groups in total. The Morgan fingerprint density at radius 3 is 1.71 bits per heavy atom. The van der Waals surface area contributed by atoms with Gasteiger partial charge < -0.3 is 10.8 Å². The standard InChI is InChI=1S/C2H4O2.Ca.ClH.Mg.4H/c1-2(3)4;;;;;;;/h1H3,(H,3,4);;1H;;;;;/q;+2;;+2;4*-1. The average molecular weight is 165 g/mol. The fourth-order valence-electron chi connectivity index (χ4n) is 0. The van der Waals surface area contributed by atoms with E-state index in [-0.39, 0.29) is 78.9 Å². The quantitative estimate of drug-likeness (QED) is 0.520. The van der Waals surface area contributed by atoms with Gasteiger partial charge in [0.15, 0.2) is 0 Å². The van der Waals surface area contributed by atoms with Crippen LogP contribution in [0, 0.1) is 0 Å². The van der Waals surface area contributed by atoms with Crippen LogP contribution >= 0.6 is 12.4 Å². The number of carbonyl (C=O) groups is 1. The average Bonchev–Trinajstić information content (AvgIpc) is 0.811. The number of halogens is 1. The summed E-state index contributed by atoms with van der Waals surface area (Å²) in [5.41, 5.74) is 0. The van der Waals surface area contributed by atoms with Crippen molar-refractivity contribution in [2.24, 2.45) is 0 Å². The van der Waals surface area contributed by atoms with Crippen LogP contribution in [0.25, 0.3) is 0 Å². The molecule has 0 unspecified atom stereocenters. The van der Waals surface area contributed by atoms with E-state index in [9.17, 15) is 0 Å². The van der Waals surface area contributed by atoms with Gasteiger partial charge in [-0.15, -0.1) is 12.4 Å². The Morgan fingerprint density at radius 1 is 1.71 bits per heavy atom. The molecule has 5 heteroatoms. The molecule has 0 amide bonds. The number of rotatable bonds is 0. The minimum atomic E-state index is -0.833. The maximum atomic E-state index is 9.00. The van der Waals surface area contributed by atoms with Gasteiger partial charge in [0.2, 0.25) is 0 Å². The molecule has 0 aromatic heterocycles. The third-order valence-corrected chi connectivity index (χ3v) is 0. The summed E-state index contributed by atoms with van der Waals surface area (Å²) in [5, 5.41) is 7.42. The van der Waals surface area contributed by atoms with Gasteiger partial charge >= 0.3 is 60.8 Å². The minimum Gasteiger partial charge on any atom is -1.00 e. The molecule has 0 heterocycles. The number of carboxylic acids is 1. The van der Waals surface area contributed by atoms with Crippen molar-refractivity contribution in [1.82, 2.24) is 0 Å². The molecule has 0 aliphatic heterocycles. The van der Waals surface area contributed by atoms with E-state index in [0.717, 1.165) is 6.92 Å². The zero-order chi connectivity index (χ0) is 3.58. The molecule has 2 nitrogen and oxygen atoms in total. The van der Waals surface area contributed by atoms with Gasteiger partial charge in [0, 0.05) is 6.92 Å². The monoisotopic (exact) mass is 164 g/mol. The molecule has 0 aliphatic rings. The van der Waals surface area contributed by atoms with Crippen LogP contribution in [0.5, 0.6) is 0 Å². The van der Waals surface area contributed by atoms with Crippen molar-refractivity contribution in [3.63, 3.8) is 0 Å². The maximum Gasteiger partial charge on any atom is 2.00 e. The second-order valence-corrected chi connectivity index (χ2v) is 0.519. The molecular weight excluding hydrogens is 156 g/mol. The van der Waals surface area contributed by atoms with Crippen molar-refractivity contribution in [3.8, 4) is 0 Å². The summed E-state index contributed by atoms with van der Waals surface area (Å²) >= 11 is 0.